The van der Waals surface area contributed by atoms with E-state index in [1.165, 1.54) is 18.4 Å². The van der Waals surface area contributed by atoms with E-state index in [-0.39, 0.29) is 22.8 Å². The molecule has 0 saturated carbocycles. The Bertz CT molecular complexity index is 739. The standard InChI is InChI=1S/C23H30O3/c1-14-5-6-17-9-12-19(13-20(17)23(14,3)4)21(24)15(2)16-7-10-18(11-8-16)22(25)26/h7-8,10-11,14-15,19H,5-6,9,12-13H2,1-4H3,(H,25,26). The van der Waals surface area contributed by atoms with Gasteiger partial charge in [0.25, 0.3) is 0 Å². The minimum Gasteiger partial charge on any atom is -0.478 e. The zero-order valence-electron chi connectivity index (χ0n) is 16.3. The van der Waals surface area contributed by atoms with E-state index >= 15 is 0 Å². The molecule has 0 heterocycles. The van der Waals surface area contributed by atoms with Crippen LogP contribution in [0.5, 0.6) is 0 Å². The topological polar surface area (TPSA) is 54.4 Å². The number of Topliss-reactive ketones (excluding diaryl/α,β-unsaturated/α-hetero) is 1. The van der Waals surface area contributed by atoms with Crippen LogP contribution in [0, 0.1) is 17.3 Å². The van der Waals surface area contributed by atoms with Crippen molar-refractivity contribution in [1.82, 2.24) is 0 Å². The zero-order chi connectivity index (χ0) is 19.1. The molecular weight excluding hydrogens is 324 g/mol. The predicted octanol–water partition coefficient (Wildman–Crippen LogP) is 5.61. The maximum Gasteiger partial charge on any atom is 0.335 e. The zero-order valence-corrected chi connectivity index (χ0v) is 16.3. The number of hydrogen-bond acceptors (Lipinski definition) is 2. The number of benzene rings is 1. The Balaban J connectivity index is 1.76. The number of carboxylic acid groups (broad SMARTS) is 1. The molecule has 0 aliphatic heterocycles. The minimum atomic E-state index is -0.934. The number of ketones is 1. The van der Waals surface area contributed by atoms with E-state index in [4.69, 9.17) is 5.11 Å². The molecule has 1 aromatic carbocycles. The lowest BCUT2D eigenvalue weighted by atomic mass is 9.60. The van der Waals surface area contributed by atoms with Gasteiger partial charge in [-0.2, -0.15) is 0 Å². The summed E-state index contributed by atoms with van der Waals surface area (Å²) >= 11 is 0. The van der Waals surface area contributed by atoms with Gasteiger partial charge in [-0.3, -0.25) is 4.79 Å². The number of allylic oxidation sites excluding steroid dienone is 2. The van der Waals surface area contributed by atoms with Crippen molar-refractivity contribution in [1.29, 1.82) is 0 Å². The van der Waals surface area contributed by atoms with E-state index in [1.807, 2.05) is 6.92 Å². The molecule has 0 saturated heterocycles. The minimum absolute atomic E-state index is 0.0903. The monoisotopic (exact) mass is 354 g/mol. The number of aromatic carboxylic acids is 1. The molecule has 0 bridgehead atoms. The fourth-order valence-electron chi connectivity index (χ4n) is 4.71. The van der Waals surface area contributed by atoms with Gasteiger partial charge in [0, 0.05) is 11.8 Å². The van der Waals surface area contributed by atoms with Crippen molar-refractivity contribution in [2.45, 2.75) is 65.7 Å². The third kappa shape index (κ3) is 3.36. The largest absolute Gasteiger partial charge is 0.478 e. The first-order valence-corrected chi connectivity index (χ1v) is 9.80. The SMILES string of the molecule is CC(C(=O)C1CCC2=C(C1)C(C)(C)C(C)CC2)c1ccc(C(=O)O)cc1. The van der Waals surface area contributed by atoms with Crippen LogP contribution in [0.2, 0.25) is 0 Å². The first kappa shape index (κ1) is 18.9. The maximum atomic E-state index is 13.1. The van der Waals surface area contributed by atoms with Crippen molar-refractivity contribution < 1.29 is 14.7 Å². The van der Waals surface area contributed by atoms with Crippen molar-refractivity contribution in [3.8, 4) is 0 Å². The molecule has 0 radical (unpaired) electrons. The summed E-state index contributed by atoms with van der Waals surface area (Å²) in [6.07, 6.45) is 5.39. The molecule has 1 aromatic rings. The average Bonchev–Trinajstić information content (AvgIpc) is 2.63. The molecule has 0 amide bonds. The number of carbonyl (C=O) groups is 2. The summed E-state index contributed by atoms with van der Waals surface area (Å²) in [5.41, 5.74) is 4.51. The highest BCUT2D eigenvalue weighted by atomic mass is 16.4. The van der Waals surface area contributed by atoms with Gasteiger partial charge in [0.1, 0.15) is 5.78 Å². The van der Waals surface area contributed by atoms with Gasteiger partial charge in [0.2, 0.25) is 0 Å². The van der Waals surface area contributed by atoms with Crippen LogP contribution in [0.4, 0.5) is 0 Å². The molecule has 0 aromatic heterocycles. The summed E-state index contributed by atoms with van der Waals surface area (Å²) < 4.78 is 0. The van der Waals surface area contributed by atoms with Crippen LogP contribution >= 0.6 is 0 Å². The van der Waals surface area contributed by atoms with Gasteiger partial charge in [-0.1, -0.05) is 51.0 Å². The van der Waals surface area contributed by atoms with E-state index in [0.29, 0.717) is 11.7 Å². The lowest BCUT2D eigenvalue weighted by Crippen LogP contribution is -2.34. The Morgan fingerprint density at radius 3 is 2.35 bits per heavy atom. The highest BCUT2D eigenvalue weighted by Gasteiger charge is 2.40. The van der Waals surface area contributed by atoms with E-state index in [2.05, 4.69) is 20.8 Å². The van der Waals surface area contributed by atoms with E-state index in [9.17, 15) is 9.59 Å². The Morgan fingerprint density at radius 2 is 1.73 bits per heavy atom. The molecule has 3 unspecified atom stereocenters. The molecule has 2 aliphatic carbocycles. The maximum absolute atomic E-state index is 13.1. The van der Waals surface area contributed by atoms with Crippen LogP contribution in [0.3, 0.4) is 0 Å². The molecule has 2 aliphatic rings. The summed E-state index contributed by atoms with van der Waals surface area (Å²) in [5, 5.41) is 9.04. The summed E-state index contributed by atoms with van der Waals surface area (Å²) in [6.45, 7) is 8.97. The lowest BCUT2D eigenvalue weighted by molar-refractivity contribution is -0.124. The van der Waals surface area contributed by atoms with Gasteiger partial charge in [0.15, 0.2) is 0 Å². The van der Waals surface area contributed by atoms with Gasteiger partial charge in [-0.25, -0.2) is 4.79 Å². The van der Waals surface area contributed by atoms with E-state index in [0.717, 1.165) is 24.8 Å². The van der Waals surface area contributed by atoms with Crippen LogP contribution < -0.4 is 0 Å². The fraction of sp³-hybridized carbons (Fsp3) is 0.565. The van der Waals surface area contributed by atoms with Crippen LogP contribution in [0.25, 0.3) is 0 Å². The van der Waals surface area contributed by atoms with Crippen LogP contribution in [0.1, 0.15) is 81.6 Å². The molecule has 0 fully saturated rings. The van der Waals surface area contributed by atoms with Crippen molar-refractivity contribution in [2.75, 3.05) is 0 Å². The Labute approximate surface area is 156 Å². The third-order valence-electron chi connectivity index (χ3n) is 7.05. The van der Waals surface area contributed by atoms with Crippen LogP contribution in [-0.4, -0.2) is 16.9 Å². The highest BCUT2D eigenvalue weighted by Crippen LogP contribution is 2.51. The summed E-state index contributed by atoms with van der Waals surface area (Å²) in [7, 11) is 0. The Morgan fingerprint density at radius 1 is 1.12 bits per heavy atom. The molecule has 3 nitrogen and oxygen atoms in total. The number of hydrogen-bond donors (Lipinski definition) is 1. The van der Waals surface area contributed by atoms with Crippen molar-refractivity contribution in [2.24, 2.45) is 17.3 Å². The van der Waals surface area contributed by atoms with Gasteiger partial charge >= 0.3 is 5.97 Å². The second-order valence-corrected chi connectivity index (χ2v) is 8.73. The van der Waals surface area contributed by atoms with Crippen molar-refractivity contribution in [3.05, 3.63) is 46.5 Å². The van der Waals surface area contributed by atoms with Crippen molar-refractivity contribution in [3.63, 3.8) is 0 Å². The lowest BCUT2D eigenvalue weighted by Gasteiger charge is -2.44. The molecule has 3 atom stereocenters. The quantitative estimate of drug-likeness (QED) is 0.715. The average molecular weight is 354 g/mol. The molecule has 3 rings (SSSR count). The number of carboxylic acids is 1. The number of carbonyl (C=O) groups excluding carboxylic acids is 1. The Kier molecular flexibility index (Phi) is 5.09. The normalized spacial score (nSPS) is 26.2. The van der Waals surface area contributed by atoms with E-state index < -0.39 is 5.97 Å². The summed E-state index contributed by atoms with van der Waals surface area (Å²) in [4.78, 5) is 24.2. The summed E-state index contributed by atoms with van der Waals surface area (Å²) in [6, 6.07) is 6.75. The molecule has 26 heavy (non-hydrogen) atoms. The van der Waals surface area contributed by atoms with E-state index in [1.54, 1.807) is 29.8 Å². The number of rotatable bonds is 4. The van der Waals surface area contributed by atoms with Gasteiger partial charge in [-0.05, 0) is 61.1 Å². The third-order valence-corrected chi connectivity index (χ3v) is 7.05. The molecule has 140 valence electrons. The van der Waals surface area contributed by atoms with Crippen LogP contribution in [0.15, 0.2) is 35.4 Å². The first-order chi connectivity index (χ1) is 12.2. The van der Waals surface area contributed by atoms with Gasteiger partial charge in [0.05, 0.1) is 5.56 Å². The fourth-order valence-corrected chi connectivity index (χ4v) is 4.71. The highest BCUT2D eigenvalue weighted by molar-refractivity contribution is 5.89. The van der Waals surface area contributed by atoms with Crippen LogP contribution in [-0.2, 0) is 4.79 Å². The van der Waals surface area contributed by atoms with Crippen molar-refractivity contribution >= 4 is 11.8 Å². The smallest absolute Gasteiger partial charge is 0.335 e. The molecular formula is C23H30O3. The second kappa shape index (κ2) is 7.02. The molecule has 1 N–H and O–H groups in total. The first-order valence-electron chi connectivity index (χ1n) is 9.80. The summed E-state index contributed by atoms with van der Waals surface area (Å²) in [5.74, 6) is -0.0673. The second-order valence-electron chi connectivity index (χ2n) is 8.73. The molecule has 3 heteroatoms. The molecule has 0 spiro atoms. The Hall–Kier alpha value is -1.90. The predicted molar refractivity (Wildman–Crippen MR) is 103 cm³/mol. The van der Waals surface area contributed by atoms with Gasteiger partial charge < -0.3 is 5.11 Å². The van der Waals surface area contributed by atoms with Gasteiger partial charge in [-0.15, -0.1) is 0 Å².